The van der Waals surface area contributed by atoms with Gasteiger partial charge in [-0.25, -0.2) is 18.1 Å². The third kappa shape index (κ3) is 7.28. The summed E-state index contributed by atoms with van der Waals surface area (Å²) in [4.78, 5) is 15.9. The highest BCUT2D eigenvalue weighted by Crippen LogP contribution is 2.18. The summed E-state index contributed by atoms with van der Waals surface area (Å²) in [6, 6.07) is 7.43. The van der Waals surface area contributed by atoms with Gasteiger partial charge in [0.25, 0.3) is 5.91 Å². The van der Waals surface area contributed by atoms with Gasteiger partial charge in [0.15, 0.2) is 6.61 Å². The number of nitrogens with one attached hydrogen (secondary N) is 2. The Morgan fingerprint density at radius 1 is 1.17 bits per heavy atom. The maximum atomic E-state index is 12.3. The van der Waals surface area contributed by atoms with Gasteiger partial charge in [-0.3, -0.25) is 4.79 Å². The minimum atomic E-state index is -4.49. The van der Waals surface area contributed by atoms with Gasteiger partial charge in [-0.05, 0) is 37.3 Å². The van der Waals surface area contributed by atoms with E-state index >= 15 is 0 Å². The highest BCUT2D eigenvalue weighted by molar-refractivity contribution is 7.89. The molecule has 2 aromatic rings. The molecule has 0 saturated heterocycles. The van der Waals surface area contributed by atoms with Gasteiger partial charge in [-0.15, -0.1) is 0 Å². The highest BCUT2D eigenvalue weighted by Gasteiger charge is 2.28. The zero-order valence-corrected chi connectivity index (χ0v) is 16.9. The first-order valence-electron chi connectivity index (χ1n) is 8.58. The van der Waals surface area contributed by atoms with Crippen LogP contribution < -0.4 is 14.8 Å². The number of hydrogen-bond donors (Lipinski definition) is 2. The lowest BCUT2D eigenvalue weighted by molar-refractivity contribution is -0.154. The summed E-state index contributed by atoms with van der Waals surface area (Å²) in [6.45, 7) is 0.379. The molecule has 12 heteroatoms. The summed E-state index contributed by atoms with van der Waals surface area (Å²) in [5.41, 5.74) is 0.405. The fourth-order valence-corrected chi connectivity index (χ4v) is 3.52. The quantitative estimate of drug-likeness (QED) is 0.612. The number of benzene rings is 1. The number of pyridine rings is 1. The highest BCUT2D eigenvalue weighted by atomic mass is 32.2. The molecule has 0 saturated carbocycles. The Morgan fingerprint density at radius 3 is 2.37 bits per heavy atom. The first-order valence-corrected chi connectivity index (χ1v) is 10.1. The SMILES string of the molecule is COCC(C)NS(=O)(=O)c1ccc(NC(=O)c2ccc(OCC(F)(F)F)nc2)cc1. The van der Waals surface area contributed by atoms with Crippen LogP contribution in [0.1, 0.15) is 17.3 Å². The average Bonchev–Trinajstić information content (AvgIpc) is 2.66. The van der Waals surface area contributed by atoms with Crippen LogP contribution in [0, 0.1) is 0 Å². The number of aromatic nitrogens is 1. The van der Waals surface area contributed by atoms with Crippen LogP contribution in [0.3, 0.4) is 0 Å². The van der Waals surface area contributed by atoms with E-state index in [0.717, 1.165) is 12.3 Å². The minimum absolute atomic E-state index is 0.0104. The second-order valence-corrected chi connectivity index (χ2v) is 7.96. The van der Waals surface area contributed by atoms with E-state index in [1.54, 1.807) is 6.92 Å². The van der Waals surface area contributed by atoms with E-state index in [9.17, 15) is 26.4 Å². The van der Waals surface area contributed by atoms with Crippen molar-refractivity contribution < 1.29 is 35.9 Å². The van der Waals surface area contributed by atoms with E-state index in [0.29, 0.717) is 5.69 Å². The van der Waals surface area contributed by atoms with Crippen molar-refractivity contribution >= 4 is 21.6 Å². The fraction of sp³-hybridized carbons (Fsp3) is 0.333. The molecule has 0 radical (unpaired) electrons. The lowest BCUT2D eigenvalue weighted by atomic mass is 10.2. The van der Waals surface area contributed by atoms with E-state index in [1.165, 1.54) is 37.4 Å². The zero-order valence-electron chi connectivity index (χ0n) is 16.1. The normalized spacial score (nSPS) is 13.0. The van der Waals surface area contributed by atoms with Crippen molar-refractivity contribution in [3.63, 3.8) is 0 Å². The number of anilines is 1. The predicted octanol–water partition coefficient (Wildman–Crippen LogP) is 2.59. The summed E-state index contributed by atoms with van der Waals surface area (Å²) in [5, 5.41) is 2.54. The summed E-state index contributed by atoms with van der Waals surface area (Å²) in [7, 11) is -2.29. The number of carbonyl (C=O) groups is 1. The van der Waals surface area contributed by atoms with Gasteiger partial charge in [0.1, 0.15) is 0 Å². The van der Waals surface area contributed by atoms with E-state index < -0.39 is 34.8 Å². The second kappa shape index (κ2) is 9.87. The molecule has 1 aromatic carbocycles. The van der Waals surface area contributed by atoms with Crippen LogP contribution in [0.15, 0.2) is 47.5 Å². The van der Waals surface area contributed by atoms with Crippen molar-refractivity contribution in [2.24, 2.45) is 0 Å². The van der Waals surface area contributed by atoms with Crippen molar-refractivity contribution in [3.05, 3.63) is 48.2 Å². The van der Waals surface area contributed by atoms with Crippen molar-refractivity contribution in [2.75, 3.05) is 25.6 Å². The van der Waals surface area contributed by atoms with Gasteiger partial charge < -0.3 is 14.8 Å². The molecule has 0 spiro atoms. The first kappa shape index (κ1) is 23.6. The lowest BCUT2D eigenvalue weighted by Crippen LogP contribution is -2.35. The maximum absolute atomic E-state index is 12.3. The molecule has 1 heterocycles. The summed E-state index contributed by atoms with van der Waals surface area (Å²) >= 11 is 0. The van der Waals surface area contributed by atoms with E-state index in [2.05, 4.69) is 19.8 Å². The van der Waals surface area contributed by atoms with Crippen LogP contribution in [0.25, 0.3) is 0 Å². The molecule has 0 fully saturated rings. The van der Waals surface area contributed by atoms with Crippen molar-refractivity contribution in [3.8, 4) is 5.88 Å². The van der Waals surface area contributed by atoms with Crippen molar-refractivity contribution in [1.29, 1.82) is 0 Å². The van der Waals surface area contributed by atoms with Gasteiger partial charge in [0, 0.05) is 31.1 Å². The number of amides is 1. The average molecular weight is 447 g/mol. The van der Waals surface area contributed by atoms with Crippen LogP contribution in [-0.4, -0.2) is 51.9 Å². The number of ether oxygens (including phenoxy) is 2. The number of carbonyl (C=O) groups excluding carboxylic acids is 1. The van der Waals surface area contributed by atoms with Gasteiger partial charge in [0.05, 0.1) is 17.1 Å². The first-order chi connectivity index (χ1) is 14.0. The number of hydrogen-bond acceptors (Lipinski definition) is 6. The van der Waals surface area contributed by atoms with Crippen LogP contribution in [0.5, 0.6) is 5.88 Å². The molecule has 164 valence electrons. The second-order valence-electron chi connectivity index (χ2n) is 6.25. The van der Waals surface area contributed by atoms with Gasteiger partial charge in [-0.2, -0.15) is 13.2 Å². The maximum Gasteiger partial charge on any atom is 0.422 e. The topological polar surface area (TPSA) is 107 Å². The molecule has 8 nitrogen and oxygen atoms in total. The van der Waals surface area contributed by atoms with Crippen molar-refractivity contribution in [1.82, 2.24) is 9.71 Å². The predicted molar refractivity (Wildman–Crippen MR) is 102 cm³/mol. The fourth-order valence-electron chi connectivity index (χ4n) is 2.29. The van der Waals surface area contributed by atoms with E-state index in [-0.39, 0.29) is 22.9 Å². The molecule has 1 unspecified atom stereocenters. The standard InChI is InChI=1S/C18H20F3N3O5S/c1-12(10-28-2)24-30(26,27)15-6-4-14(5-7-15)23-17(25)13-3-8-16(22-9-13)29-11-18(19,20)21/h3-9,12,24H,10-11H2,1-2H3,(H,23,25). The molecule has 0 aliphatic rings. The molecule has 2 N–H and O–H groups in total. The summed E-state index contributed by atoms with van der Waals surface area (Å²) in [5.74, 6) is -0.846. The summed E-state index contributed by atoms with van der Waals surface area (Å²) in [6.07, 6.45) is -3.42. The number of halogens is 3. The minimum Gasteiger partial charge on any atom is -0.468 e. The van der Waals surface area contributed by atoms with Crippen LogP contribution in [0.2, 0.25) is 0 Å². The Kier molecular flexibility index (Phi) is 7.76. The molecular formula is C18H20F3N3O5S. The molecule has 0 aliphatic carbocycles. The summed E-state index contributed by atoms with van der Waals surface area (Å²) < 4.78 is 72.7. The van der Waals surface area contributed by atoms with Crippen LogP contribution >= 0.6 is 0 Å². The number of alkyl halides is 3. The lowest BCUT2D eigenvalue weighted by Gasteiger charge is -2.13. The Hall–Kier alpha value is -2.70. The number of sulfonamides is 1. The molecule has 30 heavy (non-hydrogen) atoms. The zero-order chi connectivity index (χ0) is 22.4. The Labute approximate surface area is 171 Å². The molecule has 1 aromatic heterocycles. The van der Waals surface area contributed by atoms with Gasteiger partial charge in [0.2, 0.25) is 15.9 Å². The smallest absolute Gasteiger partial charge is 0.422 e. The number of methoxy groups -OCH3 is 1. The monoisotopic (exact) mass is 447 g/mol. The van der Waals surface area contributed by atoms with Crippen LogP contribution in [0.4, 0.5) is 18.9 Å². The van der Waals surface area contributed by atoms with Crippen LogP contribution in [-0.2, 0) is 14.8 Å². The Morgan fingerprint density at radius 2 is 1.83 bits per heavy atom. The van der Waals surface area contributed by atoms with E-state index in [4.69, 9.17) is 4.74 Å². The molecule has 0 bridgehead atoms. The van der Waals surface area contributed by atoms with Gasteiger partial charge >= 0.3 is 6.18 Å². The number of rotatable bonds is 9. The third-order valence-corrected chi connectivity index (χ3v) is 5.18. The molecule has 2 rings (SSSR count). The van der Waals surface area contributed by atoms with Crippen molar-refractivity contribution in [2.45, 2.75) is 24.0 Å². The Balaban J connectivity index is 1.99. The number of nitrogens with zero attached hydrogens (tertiary/aromatic N) is 1. The molecule has 0 aliphatic heterocycles. The molecule has 1 amide bonds. The largest absolute Gasteiger partial charge is 0.468 e. The molecule has 1 atom stereocenters. The van der Waals surface area contributed by atoms with Gasteiger partial charge in [-0.1, -0.05) is 0 Å². The van der Waals surface area contributed by atoms with E-state index in [1.807, 2.05) is 0 Å². The Bertz CT molecular complexity index is 949. The molecular weight excluding hydrogens is 427 g/mol. The third-order valence-electron chi connectivity index (χ3n) is 3.58.